The number of hydrogen-bond donors (Lipinski definition) is 1. The van der Waals surface area contributed by atoms with E-state index in [4.69, 9.17) is 5.11 Å². The number of nitrogens with zero attached hydrogens (tertiary/aromatic N) is 1. The van der Waals surface area contributed by atoms with Gasteiger partial charge in [-0.25, -0.2) is 8.42 Å². The van der Waals surface area contributed by atoms with Gasteiger partial charge in [0.2, 0.25) is 9.84 Å². The fraction of sp³-hybridized carbons (Fsp3) is 0.294. The average Bonchev–Trinajstić information content (AvgIpc) is 3.13. The molecule has 2 heterocycles. The third-order valence-corrected chi connectivity index (χ3v) is 7.50. The molecule has 0 unspecified atom stereocenters. The van der Waals surface area contributed by atoms with Crippen LogP contribution >= 0.6 is 11.3 Å². The zero-order valence-electron chi connectivity index (χ0n) is 13.3. The zero-order chi connectivity index (χ0) is 18.0. The maximum absolute atomic E-state index is 12.6. The lowest BCUT2D eigenvalue weighted by atomic mass is 9.98. The summed E-state index contributed by atoms with van der Waals surface area (Å²) in [5, 5.41) is 9.13. The quantitative estimate of drug-likeness (QED) is 0.881. The summed E-state index contributed by atoms with van der Waals surface area (Å²) in [6.45, 7) is 0.647. The number of carboxylic acids is 1. The molecule has 6 nitrogen and oxygen atoms in total. The molecular weight excluding hydrogens is 362 g/mol. The second-order valence-electron chi connectivity index (χ2n) is 5.86. The minimum atomic E-state index is -3.65. The van der Waals surface area contributed by atoms with Crippen molar-refractivity contribution in [2.75, 3.05) is 13.1 Å². The van der Waals surface area contributed by atoms with E-state index in [-0.39, 0.29) is 21.6 Å². The smallest absolute Gasteiger partial charge is 0.308 e. The van der Waals surface area contributed by atoms with E-state index >= 15 is 0 Å². The van der Waals surface area contributed by atoms with Crippen molar-refractivity contribution in [1.82, 2.24) is 4.90 Å². The van der Waals surface area contributed by atoms with E-state index in [1.165, 1.54) is 29.2 Å². The molecular formula is C17H17NO5S2. The number of piperidine rings is 1. The highest BCUT2D eigenvalue weighted by Crippen LogP contribution is 2.29. The Labute approximate surface area is 149 Å². The van der Waals surface area contributed by atoms with Gasteiger partial charge in [-0.1, -0.05) is 18.2 Å². The number of thiophene rings is 1. The fourth-order valence-electron chi connectivity index (χ4n) is 2.81. The number of carbonyl (C=O) groups excluding carboxylic acids is 1. The molecule has 1 aliphatic rings. The minimum absolute atomic E-state index is 0.105. The van der Waals surface area contributed by atoms with Crippen molar-refractivity contribution >= 4 is 33.1 Å². The van der Waals surface area contributed by atoms with Crippen molar-refractivity contribution in [2.24, 2.45) is 5.92 Å². The van der Waals surface area contributed by atoms with Crippen LogP contribution in [0, 0.1) is 5.92 Å². The van der Waals surface area contributed by atoms with Crippen LogP contribution in [0.15, 0.2) is 51.6 Å². The topological polar surface area (TPSA) is 91.8 Å². The number of sulfone groups is 1. The van der Waals surface area contributed by atoms with E-state index in [0.717, 1.165) is 11.3 Å². The highest BCUT2D eigenvalue weighted by Gasteiger charge is 2.30. The van der Waals surface area contributed by atoms with Gasteiger partial charge in [0.15, 0.2) is 0 Å². The van der Waals surface area contributed by atoms with Gasteiger partial charge in [0.25, 0.3) is 5.91 Å². The number of amides is 1. The van der Waals surface area contributed by atoms with Gasteiger partial charge in [0.1, 0.15) is 4.21 Å². The summed E-state index contributed by atoms with van der Waals surface area (Å²) in [4.78, 5) is 25.7. The average molecular weight is 379 g/mol. The molecule has 0 radical (unpaired) electrons. The van der Waals surface area contributed by atoms with Crippen LogP contribution in [0.25, 0.3) is 0 Å². The molecule has 1 atom stereocenters. The molecule has 1 amide bonds. The van der Waals surface area contributed by atoms with E-state index in [9.17, 15) is 18.0 Å². The number of hydrogen-bond acceptors (Lipinski definition) is 5. The molecule has 8 heteroatoms. The summed E-state index contributed by atoms with van der Waals surface area (Å²) in [5.41, 5.74) is 0. The highest BCUT2D eigenvalue weighted by molar-refractivity contribution is 7.93. The molecule has 1 aromatic heterocycles. The summed E-state index contributed by atoms with van der Waals surface area (Å²) < 4.78 is 25.3. The van der Waals surface area contributed by atoms with Crippen LogP contribution in [-0.4, -0.2) is 43.4 Å². The molecule has 0 spiro atoms. The van der Waals surface area contributed by atoms with E-state index in [2.05, 4.69) is 0 Å². The first-order valence-corrected chi connectivity index (χ1v) is 10.1. The van der Waals surface area contributed by atoms with E-state index < -0.39 is 21.7 Å². The highest BCUT2D eigenvalue weighted by atomic mass is 32.2. The number of rotatable bonds is 4. The Morgan fingerprint density at radius 3 is 2.52 bits per heavy atom. The molecule has 0 aliphatic carbocycles. The number of carboxylic acid groups (broad SMARTS) is 1. The van der Waals surface area contributed by atoms with Gasteiger partial charge in [0, 0.05) is 13.1 Å². The van der Waals surface area contributed by atoms with Crippen molar-refractivity contribution in [3.63, 3.8) is 0 Å². The molecule has 1 N–H and O–H groups in total. The van der Waals surface area contributed by atoms with Crippen molar-refractivity contribution in [2.45, 2.75) is 21.9 Å². The van der Waals surface area contributed by atoms with Crippen LogP contribution in [0.5, 0.6) is 0 Å². The first kappa shape index (κ1) is 17.6. The lowest BCUT2D eigenvalue weighted by Gasteiger charge is -2.30. The molecule has 1 fully saturated rings. The third kappa shape index (κ3) is 3.59. The van der Waals surface area contributed by atoms with Gasteiger partial charge in [0.05, 0.1) is 15.7 Å². The largest absolute Gasteiger partial charge is 0.481 e. The minimum Gasteiger partial charge on any atom is -0.481 e. The number of aliphatic carboxylic acids is 1. The van der Waals surface area contributed by atoms with Crippen molar-refractivity contribution in [3.8, 4) is 0 Å². The molecule has 1 saturated heterocycles. The van der Waals surface area contributed by atoms with Gasteiger partial charge < -0.3 is 10.0 Å². The van der Waals surface area contributed by atoms with Crippen molar-refractivity contribution in [1.29, 1.82) is 0 Å². The van der Waals surface area contributed by atoms with Crippen molar-refractivity contribution < 1.29 is 23.1 Å². The van der Waals surface area contributed by atoms with Gasteiger partial charge >= 0.3 is 5.97 Å². The van der Waals surface area contributed by atoms with Crippen molar-refractivity contribution in [3.05, 3.63) is 47.3 Å². The summed E-state index contributed by atoms with van der Waals surface area (Å²) in [5.74, 6) is -1.79. The second kappa shape index (κ2) is 6.97. The van der Waals surface area contributed by atoms with Crippen LogP contribution in [0.2, 0.25) is 0 Å². The SMILES string of the molecule is O=C(O)[C@H]1CCCN(C(=O)c2ccc(S(=O)(=O)c3ccccc3)s2)C1. The Morgan fingerprint density at radius 1 is 1.12 bits per heavy atom. The first-order valence-electron chi connectivity index (χ1n) is 7.81. The third-order valence-electron chi connectivity index (χ3n) is 4.17. The fourth-order valence-corrected chi connectivity index (χ4v) is 5.51. The number of benzene rings is 1. The zero-order valence-corrected chi connectivity index (χ0v) is 14.9. The monoisotopic (exact) mass is 379 g/mol. The Balaban J connectivity index is 1.82. The normalized spacial score (nSPS) is 18.1. The van der Waals surface area contributed by atoms with Crippen LogP contribution in [0.1, 0.15) is 22.5 Å². The van der Waals surface area contributed by atoms with Gasteiger partial charge in [-0.05, 0) is 37.1 Å². The Bertz CT molecular complexity index is 889. The molecule has 1 aromatic carbocycles. The molecule has 1 aliphatic heterocycles. The predicted octanol–water partition coefficient (Wildman–Crippen LogP) is 2.52. The lowest BCUT2D eigenvalue weighted by molar-refractivity contribution is -0.143. The molecule has 3 rings (SSSR count). The summed E-state index contributed by atoms with van der Waals surface area (Å²) in [6.07, 6.45) is 1.18. The summed E-state index contributed by atoms with van der Waals surface area (Å²) >= 11 is 0.919. The van der Waals surface area contributed by atoms with Gasteiger partial charge in [-0.2, -0.15) is 0 Å². The number of likely N-dealkylation sites (tertiary alicyclic amines) is 1. The van der Waals surface area contributed by atoms with E-state index in [1.54, 1.807) is 18.2 Å². The van der Waals surface area contributed by atoms with E-state index in [0.29, 0.717) is 24.3 Å². The van der Waals surface area contributed by atoms with E-state index in [1.807, 2.05) is 0 Å². The Morgan fingerprint density at radius 2 is 1.84 bits per heavy atom. The van der Waals surface area contributed by atoms with Gasteiger partial charge in [-0.3, -0.25) is 9.59 Å². The molecule has 25 heavy (non-hydrogen) atoms. The molecule has 0 saturated carbocycles. The number of carbonyl (C=O) groups is 2. The lowest BCUT2D eigenvalue weighted by Crippen LogP contribution is -2.42. The predicted molar refractivity (Wildman–Crippen MR) is 92.5 cm³/mol. The first-order chi connectivity index (χ1) is 11.9. The van der Waals surface area contributed by atoms with Crippen LogP contribution < -0.4 is 0 Å². The summed E-state index contributed by atoms with van der Waals surface area (Å²) in [7, 11) is -3.65. The van der Waals surface area contributed by atoms with Crippen LogP contribution in [0.3, 0.4) is 0 Å². The standard InChI is InChI=1S/C17H17NO5S2/c19-16(18-10-4-5-12(11-18)17(20)21)14-8-9-15(24-14)25(22,23)13-6-2-1-3-7-13/h1-3,6-9,12H,4-5,10-11H2,(H,20,21)/t12-/m0/s1. The summed E-state index contributed by atoms with van der Waals surface area (Å²) in [6, 6.07) is 11.0. The molecule has 0 bridgehead atoms. The van der Waals surface area contributed by atoms with Crippen LogP contribution in [-0.2, 0) is 14.6 Å². The van der Waals surface area contributed by atoms with Gasteiger partial charge in [-0.15, -0.1) is 11.3 Å². The maximum atomic E-state index is 12.6. The molecule has 132 valence electrons. The Kier molecular flexibility index (Phi) is 4.91. The molecule has 2 aromatic rings. The van der Waals surface area contributed by atoms with Crippen LogP contribution in [0.4, 0.5) is 0 Å². The Hall–Kier alpha value is -2.19. The maximum Gasteiger partial charge on any atom is 0.308 e. The second-order valence-corrected chi connectivity index (χ2v) is 9.12.